The van der Waals surface area contributed by atoms with Crippen molar-refractivity contribution in [3.05, 3.63) is 24.3 Å². The van der Waals surface area contributed by atoms with E-state index in [2.05, 4.69) is 20.6 Å². The molecule has 1 fully saturated rings. The Morgan fingerprint density at radius 1 is 1.33 bits per heavy atom. The monoisotopic (exact) mass is 250 g/mol. The Bertz CT molecular complexity index is 504. The first-order valence-corrected chi connectivity index (χ1v) is 5.15. The molecule has 1 aliphatic rings. The lowest BCUT2D eigenvalue weighted by Crippen LogP contribution is -2.44. The van der Waals surface area contributed by atoms with Gasteiger partial charge in [-0.05, 0) is 6.42 Å². The topological polar surface area (TPSA) is 121 Å². The van der Waals surface area contributed by atoms with Gasteiger partial charge >= 0.3 is 12.0 Å². The smallest absolute Gasteiger partial charge is 0.322 e. The molecule has 1 aromatic rings. The SMILES string of the molecule is O=C(O)CCC1(c2cncnc2)NC(=O)NC1=O. The minimum absolute atomic E-state index is 0.0622. The molecule has 2 rings (SSSR count). The Balaban J connectivity index is 2.37. The van der Waals surface area contributed by atoms with Gasteiger partial charge < -0.3 is 10.4 Å². The van der Waals surface area contributed by atoms with Crippen molar-refractivity contribution in [2.24, 2.45) is 0 Å². The molecule has 1 saturated heterocycles. The number of carbonyl (C=O) groups excluding carboxylic acids is 2. The van der Waals surface area contributed by atoms with Crippen molar-refractivity contribution in [2.45, 2.75) is 18.4 Å². The van der Waals surface area contributed by atoms with Gasteiger partial charge in [-0.1, -0.05) is 0 Å². The molecule has 18 heavy (non-hydrogen) atoms. The quantitative estimate of drug-likeness (QED) is 0.612. The lowest BCUT2D eigenvalue weighted by molar-refractivity contribution is -0.137. The lowest BCUT2D eigenvalue weighted by atomic mass is 9.87. The molecule has 1 atom stereocenters. The normalized spacial score (nSPS) is 22.4. The summed E-state index contributed by atoms with van der Waals surface area (Å²) in [6.07, 6.45) is 3.71. The predicted octanol–water partition coefficient (Wildman–Crippen LogP) is -0.624. The summed E-state index contributed by atoms with van der Waals surface area (Å²) in [6, 6.07) is -0.658. The number of imide groups is 1. The number of aromatic nitrogens is 2. The van der Waals surface area contributed by atoms with Crippen LogP contribution in [0.3, 0.4) is 0 Å². The number of rotatable bonds is 4. The summed E-state index contributed by atoms with van der Waals surface area (Å²) in [5.74, 6) is -1.65. The number of aliphatic carboxylic acids is 1. The van der Waals surface area contributed by atoms with E-state index in [1.54, 1.807) is 0 Å². The molecular weight excluding hydrogens is 240 g/mol. The third-order valence-electron chi connectivity index (χ3n) is 2.71. The zero-order chi connectivity index (χ0) is 13.2. The van der Waals surface area contributed by atoms with Crippen LogP contribution >= 0.6 is 0 Å². The molecule has 3 amide bonds. The van der Waals surface area contributed by atoms with Crippen molar-refractivity contribution in [3.8, 4) is 0 Å². The number of carboxylic acid groups (broad SMARTS) is 1. The highest BCUT2D eigenvalue weighted by molar-refractivity contribution is 6.07. The van der Waals surface area contributed by atoms with E-state index in [4.69, 9.17) is 5.11 Å². The maximum atomic E-state index is 11.9. The fourth-order valence-corrected chi connectivity index (χ4v) is 1.83. The van der Waals surface area contributed by atoms with Crippen LogP contribution in [0.25, 0.3) is 0 Å². The standard InChI is InChI=1S/C10H10N4O4/c15-7(16)1-2-10(6-3-11-5-12-4-6)8(17)13-9(18)14-10/h3-5H,1-2H2,(H,15,16)(H2,13,14,17,18). The van der Waals surface area contributed by atoms with Crippen LogP contribution in [0.5, 0.6) is 0 Å². The van der Waals surface area contributed by atoms with E-state index in [9.17, 15) is 14.4 Å². The van der Waals surface area contributed by atoms with E-state index in [1.165, 1.54) is 18.7 Å². The molecule has 0 bridgehead atoms. The summed E-state index contributed by atoms with van der Waals surface area (Å²) >= 11 is 0. The Labute approximate surface area is 101 Å². The second-order valence-corrected chi connectivity index (χ2v) is 3.83. The molecule has 0 aliphatic carbocycles. The van der Waals surface area contributed by atoms with E-state index in [0.29, 0.717) is 5.56 Å². The molecule has 8 nitrogen and oxygen atoms in total. The molecule has 2 heterocycles. The Kier molecular flexibility index (Phi) is 2.92. The molecule has 3 N–H and O–H groups in total. The molecule has 1 aromatic heterocycles. The minimum Gasteiger partial charge on any atom is -0.481 e. The highest BCUT2D eigenvalue weighted by Gasteiger charge is 2.48. The Morgan fingerprint density at radius 3 is 2.50 bits per heavy atom. The molecule has 1 unspecified atom stereocenters. The highest BCUT2D eigenvalue weighted by Crippen LogP contribution is 2.28. The van der Waals surface area contributed by atoms with Gasteiger partial charge in [0.2, 0.25) is 0 Å². The van der Waals surface area contributed by atoms with Gasteiger partial charge in [-0.25, -0.2) is 14.8 Å². The van der Waals surface area contributed by atoms with Gasteiger partial charge in [-0.2, -0.15) is 0 Å². The summed E-state index contributed by atoms with van der Waals surface area (Å²) in [7, 11) is 0. The van der Waals surface area contributed by atoms with Crippen LogP contribution in [0.2, 0.25) is 0 Å². The predicted molar refractivity (Wildman–Crippen MR) is 57.3 cm³/mol. The van der Waals surface area contributed by atoms with E-state index in [0.717, 1.165) is 0 Å². The fourth-order valence-electron chi connectivity index (χ4n) is 1.83. The number of carboxylic acids is 1. The van der Waals surface area contributed by atoms with Crippen molar-refractivity contribution in [2.75, 3.05) is 0 Å². The molecule has 0 spiro atoms. The number of nitrogens with zero attached hydrogens (tertiary/aromatic N) is 2. The van der Waals surface area contributed by atoms with Crippen molar-refractivity contribution in [1.82, 2.24) is 20.6 Å². The second-order valence-electron chi connectivity index (χ2n) is 3.83. The van der Waals surface area contributed by atoms with Gasteiger partial charge in [0.05, 0.1) is 0 Å². The largest absolute Gasteiger partial charge is 0.481 e. The van der Waals surface area contributed by atoms with Gasteiger partial charge in [-0.15, -0.1) is 0 Å². The number of hydrogen-bond donors (Lipinski definition) is 3. The first-order chi connectivity index (χ1) is 8.54. The summed E-state index contributed by atoms with van der Waals surface area (Å²) in [5.41, 5.74) is -1.05. The lowest BCUT2D eigenvalue weighted by Gasteiger charge is -2.24. The molecule has 0 radical (unpaired) electrons. The van der Waals surface area contributed by atoms with Crippen LogP contribution in [-0.2, 0) is 15.1 Å². The van der Waals surface area contributed by atoms with Crippen LogP contribution < -0.4 is 10.6 Å². The first-order valence-electron chi connectivity index (χ1n) is 5.15. The van der Waals surface area contributed by atoms with Crippen molar-refractivity contribution >= 4 is 17.9 Å². The summed E-state index contributed by atoms with van der Waals surface area (Å²) < 4.78 is 0. The summed E-state index contributed by atoms with van der Waals surface area (Å²) in [4.78, 5) is 41.3. The third-order valence-corrected chi connectivity index (χ3v) is 2.71. The third kappa shape index (κ3) is 1.99. The van der Waals surface area contributed by atoms with Crippen LogP contribution in [-0.4, -0.2) is 33.0 Å². The number of nitrogens with one attached hydrogen (secondary N) is 2. The average molecular weight is 250 g/mol. The minimum atomic E-state index is -1.41. The van der Waals surface area contributed by atoms with Crippen molar-refractivity contribution in [3.63, 3.8) is 0 Å². The molecule has 8 heteroatoms. The molecule has 0 saturated carbocycles. The highest BCUT2D eigenvalue weighted by atomic mass is 16.4. The van der Waals surface area contributed by atoms with E-state index in [-0.39, 0.29) is 12.8 Å². The maximum absolute atomic E-state index is 11.9. The second kappa shape index (κ2) is 4.40. The molecule has 1 aliphatic heterocycles. The fraction of sp³-hybridized carbons (Fsp3) is 0.300. The summed E-state index contributed by atoms with van der Waals surface area (Å²) in [6.45, 7) is 0. The molecule has 94 valence electrons. The Hall–Kier alpha value is -2.51. The van der Waals surface area contributed by atoms with Crippen LogP contribution in [0, 0.1) is 0 Å². The maximum Gasteiger partial charge on any atom is 0.322 e. The van der Waals surface area contributed by atoms with Crippen LogP contribution in [0.4, 0.5) is 4.79 Å². The van der Waals surface area contributed by atoms with E-state index >= 15 is 0 Å². The first kappa shape index (κ1) is 12.0. The van der Waals surface area contributed by atoms with Crippen molar-refractivity contribution in [1.29, 1.82) is 0 Å². The van der Waals surface area contributed by atoms with Gasteiger partial charge in [0.25, 0.3) is 5.91 Å². The molecule has 0 aromatic carbocycles. The Morgan fingerprint density at radius 2 is 2.00 bits per heavy atom. The zero-order valence-electron chi connectivity index (χ0n) is 9.21. The zero-order valence-corrected chi connectivity index (χ0v) is 9.21. The number of carbonyl (C=O) groups is 3. The van der Waals surface area contributed by atoms with Crippen LogP contribution in [0.15, 0.2) is 18.7 Å². The van der Waals surface area contributed by atoms with Crippen LogP contribution in [0.1, 0.15) is 18.4 Å². The van der Waals surface area contributed by atoms with Crippen molar-refractivity contribution < 1.29 is 19.5 Å². The van der Waals surface area contributed by atoms with E-state index < -0.39 is 23.4 Å². The van der Waals surface area contributed by atoms with E-state index in [1.807, 2.05) is 0 Å². The number of urea groups is 1. The number of hydrogen-bond acceptors (Lipinski definition) is 5. The van der Waals surface area contributed by atoms with Gasteiger partial charge in [-0.3, -0.25) is 14.9 Å². The summed E-state index contributed by atoms with van der Waals surface area (Å²) in [5, 5.41) is 13.2. The molecular formula is C10H10N4O4. The average Bonchev–Trinajstić information content (AvgIpc) is 2.64. The van der Waals surface area contributed by atoms with Gasteiger partial charge in [0.15, 0.2) is 0 Å². The number of amides is 3. The van der Waals surface area contributed by atoms with Gasteiger partial charge in [0, 0.05) is 24.4 Å². The van der Waals surface area contributed by atoms with Gasteiger partial charge in [0.1, 0.15) is 11.9 Å².